The van der Waals surface area contributed by atoms with E-state index in [9.17, 15) is 9.59 Å². The van der Waals surface area contributed by atoms with Gasteiger partial charge in [0.1, 0.15) is 6.61 Å². The fraction of sp³-hybridized carbons (Fsp3) is 0.860. The van der Waals surface area contributed by atoms with E-state index >= 15 is 0 Å². The highest BCUT2D eigenvalue weighted by atomic mass is 16.6. The average Bonchev–Trinajstić information content (AvgIpc) is 3.27. The number of esters is 2. The van der Waals surface area contributed by atoms with Crippen molar-refractivity contribution in [3.63, 3.8) is 0 Å². The molecule has 0 aliphatic heterocycles. The second-order valence-electron chi connectivity index (χ2n) is 18.5. The van der Waals surface area contributed by atoms with Crippen molar-refractivity contribution in [3.8, 4) is 0 Å². The smallest absolute Gasteiger partial charge is 0.306 e. The summed E-state index contributed by atoms with van der Waals surface area (Å²) in [5, 5.41) is 0. The fourth-order valence-corrected chi connectivity index (χ4v) is 8.01. The highest BCUT2D eigenvalue weighted by molar-refractivity contribution is 5.70. The molecule has 0 aromatic heterocycles. The zero-order chi connectivity index (χ0) is 44.9. The molecule has 0 radical (unpaired) electrons. The minimum atomic E-state index is -0.539. The van der Waals surface area contributed by atoms with Gasteiger partial charge >= 0.3 is 11.9 Å². The van der Waals surface area contributed by atoms with E-state index in [-0.39, 0.29) is 25.2 Å². The van der Waals surface area contributed by atoms with Gasteiger partial charge in [-0.2, -0.15) is 0 Å². The largest absolute Gasteiger partial charge is 0.462 e. The van der Waals surface area contributed by atoms with Gasteiger partial charge in [0.2, 0.25) is 0 Å². The third-order valence-electron chi connectivity index (χ3n) is 12.1. The van der Waals surface area contributed by atoms with Crippen LogP contribution in [0.1, 0.15) is 290 Å². The lowest BCUT2D eigenvalue weighted by Gasteiger charge is -2.18. The standard InChI is InChI=1S/C57H106O5/c1-4-7-10-13-16-19-22-25-28-29-31-32-35-38-41-44-47-50-56(58)61-54-55(53-60-52-49-46-43-40-37-34-27-24-21-18-15-12-9-6-3)62-57(59)51-48-45-42-39-36-33-30-26-23-20-17-14-11-8-5-2/h12,15,21,24-25,28,55H,4-11,13-14,16-20,22-23,26-27,29-54H2,1-3H3/b15-12-,24-21-,28-25-. The third kappa shape index (κ3) is 50.8. The Morgan fingerprint density at radius 3 is 1.15 bits per heavy atom. The van der Waals surface area contributed by atoms with Gasteiger partial charge in [-0.25, -0.2) is 0 Å². The zero-order valence-corrected chi connectivity index (χ0v) is 41.9. The number of ether oxygens (including phenoxy) is 3. The molecule has 5 heteroatoms. The average molecular weight is 871 g/mol. The topological polar surface area (TPSA) is 61.8 Å². The molecule has 0 heterocycles. The Labute approximate surface area is 387 Å². The van der Waals surface area contributed by atoms with E-state index in [1.807, 2.05) is 0 Å². The first kappa shape index (κ1) is 60.1. The molecule has 5 nitrogen and oxygen atoms in total. The lowest BCUT2D eigenvalue weighted by molar-refractivity contribution is -0.163. The minimum absolute atomic E-state index is 0.0836. The molecule has 62 heavy (non-hydrogen) atoms. The van der Waals surface area contributed by atoms with Gasteiger partial charge < -0.3 is 14.2 Å². The van der Waals surface area contributed by atoms with Crippen molar-refractivity contribution in [2.45, 2.75) is 297 Å². The van der Waals surface area contributed by atoms with Gasteiger partial charge in [-0.15, -0.1) is 0 Å². The first-order valence-electron chi connectivity index (χ1n) is 27.5. The van der Waals surface area contributed by atoms with Crippen molar-refractivity contribution >= 4 is 11.9 Å². The molecule has 0 rings (SSSR count). The number of carbonyl (C=O) groups is 2. The second kappa shape index (κ2) is 53.5. The van der Waals surface area contributed by atoms with Gasteiger partial charge in [0.25, 0.3) is 0 Å². The molecule has 364 valence electrons. The Morgan fingerprint density at radius 1 is 0.355 bits per heavy atom. The summed E-state index contributed by atoms with van der Waals surface area (Å²) in [5.41, 5.74) is 0. The fourth-order valence-electron chi connectivity index (χ4n) is 8.01. The molecule has 0 aromatic carbocycles. The Hall–Kier alpha value is -1.88. The van der Waals surface area contributed by atoms with Crippen molar-refractivity contribution in [2.75, 3.05) is 19.8 Å². The summed E-state index contributed by atoms with van der Waals surface area (Å²) in [7, 11) is 0. The molecule has 0 N–H and O–H groups in total. The van der Waals surface area contributed by atoms with Crippen LogP contribution < -0.4 is 0 Å². The van der Waals surface area contributed by atoms with Gasteiger partial charge in [-0.05, 0) is 70.6 Å². The zero-order valence-electron chi connectivity index (χ0n) is 41.9. The first-order chi connectivity index (χ1) is 30.6. The van der Waals surface area contributed by atoms with Crippen LogP contribution in [0.15, 0.2) is 36.5 Å². The Morgan fingerprint density at radius 2 is 0.710 bits per heavy atom. The first-order valence-corrected chi connectivity index (χ1v) is 27.5. The van der Waals surface area contributed by atoms with Crippen molar-refractivity contribution in [3.05, 3.63) is 36.5 Å². The lowest BCUT2D eigenvalue weighted by atomic mass is 10.0. The molecule has 0 aliphatic carbocycles. The van der Waals surface area contributed by atoms with Crippen LogP contribution in [0.2, 0.25) is 0 Å². The number of unbranched alkanes of at least 4 members (excludes halogenated alkanes) is 34. The van der Waals surface area contributed by atoms with E-state index in [0.29, 0.717) is 19.4 Å². The molecule has 0 saturated heterocycles. The van der Waals surface area contributed by atoms with E-state index in [1.54, 1.807) is 0 Å². The maximum absolute atomic E-state index is 12.8. The predicted octanol–water partition coefficient (Wildman–Crippen LogP) is 18.6. The van der Waals surface area contributed by atoms with Crippen LogP contribution in [0.3, 0.4) is 0 Å². The van der Waals surface area contributed by atoms with Crippen LogP contribution >= 0.6 is 0 Å². The summed E-state index contributed by atoms with van der Waals surface area (Å²) in [6.45, 7) is 7.79. The van der Waals surface area contributed by atoms with Crippen LogP contribution in [0.4, 0.5) is 0 Å². The molecular formula is C57H106O5. The quantitative estimate of drug-likeness (QED) is 0.0346. The van der Waals surface area contributed by atoms with Crippen LogP contribution in [0, 0.1) is 0 Å². The van der Waals surface area contributed by atoms with Crippen LogP contribution in [0.5, 0.6) is 0 Å². The van der Waals surface area contributed by atoms with E-state index in [4.69, 9.17) is 14.2 Å². The monoisotopic (exact) mass is 871 g/mol. The molecule has 0 aromatic rings. The van der Waals surface area contributed by atoms with E-state index < -0.39 is 6.10 Å². The molecule has 0 fully saturated rings. The second-order valence-corrected chi connectivity index (χ2v) is 18.5. The van der Waals surface area contributed by atoms with Crippen molar-refractivity contribution in [2.24, 2.45) is 0 Å². The highest BCUT2D eigenvalue weighted by Crippen LogP contribution is 2.16. The molecule has 0 bridgehead atoms. The number of rotatable bonds is 51. The van der Waals surface area contributed by atoms with Gasteiger partial charge in [-0.3, -0.25) is 9.59 Å². The van der Waals surface area contributed by atoms with Gasteiger partial charge in [0.15, 0.2) is 6.10 Å². The van der Waals surface area contributed by atoms with Crippen LogP contribution in [-0.2, 0) is 23.8 Å². The Bertz CT molecular complexity index is 986. The summed E-state index contributed by atoms with van der Waals surface area (Å²) >= 11 is 0. The summed E-state index contributed by atoms with van der Waals surface area (Å²) in [6, 6.07) is 0. The minimum Gasteiger partial charge on any atom is -0.462 e. The molecule has 0 spiro atoms. The Kier molecular flexibility index (Phi) is 51.8. The normalized spacial score (nSPS) is 12.4. The number of allylic oxidation sites excluding steroid dienone is 6. The molecular weight excluding hydrogens is 765 g/mol. The molecule has 1 atom stereocenters. The van der Waals surface area contributed by atoms with Gasteiger partial charge in [0.05, 0.1) is 6.61 Å². The third-order valence-corrected chi connectivity index (χ3v) is 12.1. The highest BCUT2D eigenvalue weighted by Gasteiger charge is 2.17. The van der Waals surface area contributed by atoms with Crippen molar-refractivity contribution < 1.29 is 23.8 Å². The maximum atomic E-state index is 12.8. The van der Waals surface area contributed by atoms with Crippen molar-refractivity contribution in [1.29, 1.82) is 0 Å². The molecule has 1 unspecified atom stereocenters. The maximum Gasteiger partial charge on any atom is 0.306 e. The number of carbonyl (C=O) groups excluding carboxylic acids is 2. The molecule has 0 aliphatic rings. The van der Waals surface area contributed by atoms with Crippen LogP contribution in [0.25, 0.3) is 0 Å². The summed E-state index contributed by atoms with van der Waals surface area (Å²) in [4.78, 5) is 25.5. The van der Waals surface area contributed by atoms with Gasteiger partial charge in [-0.1, -0.05) is 243 Å². The molecule has 0 saturated carbocycles. The van der Waals surface area contributed by atoms with E-state index in [2.05, 4.69) is 57.2 Å². The SMILES string of the molecule is CCC/C=C\C/C=C\CCCCCCCCOCC(COC(=O)CCCCCCCCC/C=C\CCCCCCCC)OC(=O)CCCCCCCCCCCCCCCCC. The Balaban J connectivity index is 4.24. The summed E-state index contributed by atoms with van der Waals surface area (Å²) in [5.74, 6) is -0.392. The van der Waals surface area contributed by atoms with Crippen molar-refractivity contribution in [1.82, 2.24) is 0 Å². The van der Waals surface area contributed by atoms with Crippen LogP contribution in [-0.4, -0.2) is 37.9 Å². The molecule has 0 amide bonds. The number of hydrogen-bond acceptors (Lipinski definition) is 5. The number of hydrogen-bond donors (Lipinski definition) is 0. The van der Waals surface area contributed by atoms with E-state index in [0.717, 1.165) is 44.9 Å². The summed E-state index contributed by atoms with van der Waals surface area (Å²) in [6.07, 6.45) is 64.4. The summed E-state index contributed by atoms with van der Waals surface area (Å²) < 4.78 is 17.4. The predicted molar refractivity (Wildman–Crippen MR) is 270 cm³/mol. The lowest BCUT2D eigenvalue weighted by Crippen LogP contribution is -2.30. The van der Waals surface area contributed by atoms with Gasteiger partial charge in [0, 0.05) is 19.4 Å². The van der Waals surface area contributed by atoms with E-state index in [1.165, 1.54) is 212 Å².